The first-order valence-corrected chi connectivity index (χ1v) is 11.3. The highest BCUT2D eigenvalue weighted by Gasteiger charge is 2.29. The van der Waals surface area contributed by atoms with Crippen molar-refractivity contribution in [3.63, 3.8) is 0 Å². The minimum atomic E-state index is 0.115. The van der Waals surface area contributed by atoms with Gasteiger partial charge in [-0.25, -0.2) is 9.97 Å². The zero-order valence-electron chi connectivity index (χ0n) is 17.4. The highest BCUT2D eigenvalue weighted by molar-refractivity contribution is 5.94. The fraction of sp³-hybridized carbons (Fsp3) is 0.773. The van der Waals surface area contributed by atoms with E-state index >= 15 is 0 Å². The standard InChI is InChI=1S/C22H35N5O/c1-18-7-6-12-26(17-18)22-23-15-19(16-24-22)21(28)27-13-3-2-8-20(27)9-14-25-10-4-5-11-25/h15-16,18,20H,2-14,17H2,1H3/t18-,20+/m1/s1. The molecule has 0 bridgehead atoms. The van der Waals surface area contributed by atoms with Crippen LogP contribution in [-0.2, 0) is 0 Å². The van der Waals surface area contributed by atoms with Crippen LogP contribution in [0.5, 0.6) is 0 Å². The summed E-state index contributed by atoms with van der Waals surface area (Å²) >= 11 is 0. The lowest BCUT2D eigenvalue weighted by molar-refractivity contribution is 0.0587. The third-order valence-corrected chi connectivity index (χ3v) is 6.69. The first-order chi connectivity index (χ1) is 13.7. The molecule has 4 heterocycles. The molecule has 6 nitrogen and oxygen atoms in total. The van der Waals surface area contributed by atoms with Crippen LogP contribution in [0, 0.1) is 5.92 Å². The second-order valence-electron chi connectivity index (χ2n) is 8.95. The number of aromatic nitrogens is 2. The number of amides is 1. The lowest BCUT2D eigenvalue weighted by atomic mass is 9.98. The molecule has 3 fully saturated rings. The molecule has 2 atom stereocenters. The van der Waals surface area contributed by atoms with Gasteiger partial charge in [0.2, 0.25) is 5.95 Å². The second kappa shape index (κ2) is 9.21. The Morgan fingerprint density at radius 2 is 1.75 bits per heavy atom. The lowest BCUT2D eigenvalue weighted by Gasteiger charge is -2.36. The number of hydrogen-bond donors (Lipinski definition) is 0. The van der Waals surface area contributed by atoms with Gasteiger partial charge < -0.3 is 14.7 Å². The second-order valence-corrected chi connectivity index (χ2v) is 8.95. The van der Waals surface area contributed by atoms with Crippen molar-refractivity contribution in [1.29, 1.82) is 0 Å². The average molecular weight is 386 g/mol. The Kier molecular flexibility index (Phi) is 6.45. The first-order valence-electron chi connectivity index (χ1n) is 11.3. The van der Waals surface area contributed by atoms with Crippen molar-refractivity contribution in [2.45, 2.75) is 64.3 Å². The van der Waals surface area contributed by atoms with E-state index in [4.69, 9.17) is 0 Å². The summed E-state index contributed by atoms with van der Waals surface area (Å²) in [6.07, 6.45) is 13.2. The van der Waals surface area contributed by atoms with Gasteiger partial charge in [0.25, 0.3) is 5.91 Å². The number of nitrogens with zero attached hydrogens (tertiary/aromatic N) is 5. The average Bonchev–Trinajstić information content (AvgIpc) is 3.26. The highest BCUT2D eigenvalue weighted by Crippen LogP contribution is 2.24. The summed E-state index contributed by atoms with van der Waals surface area (Å²) in [6.45, 7) is 8.76. The van der Waals surface area contributed by atoms with E-state index in [0.717, 1.165) is 51.4 Å². The van der Waals surface area contributed by atoms with Gasteiger partial charge in [0, 0.05) is 44.6 Å². The minimum Gasteiger partial charge on any atom is -0.341 e. The predicted octanol–water partition coefficient (Wildman–Crippen LogP) is 3.19. The van der Waals surface area contributed by atoms with Crippen LogP contribution in [0.3, 0.4) is 0 Å². The van der Waals surface area contributed by atoms with Crippen LogP contribution in [0.15, 0.2) is 12.4 Å². The SMILES string of the molecule is C[C@@H]1CCCN(c2ncc(C(=O)N3CCCC[C@H]3CCN3CCCC3)cn2)C1. The number of carbonyl (C=O) groups excluding carboxylic acids is 1. The van der Waals surface area contributed by atoms with E-state index in [-0.39, 0.29) is 5.91 Å². The summed E-state index contributed by atoms with van der Waals surface area (Å²) in [6, 6.07) is 0.365. The van der Waals surface area contributed by atoms with Gasteiger partial charge in [0.1, 0.15) is 0 Å². The van der Waals surface area contributed by atoms with Crippen LogP contribution in [0.4, 0.5) is 5.95 Å². The molecule has 1 aromatic rings. The van der Waals surface area contributed by atoms with Crippen molar-refractivity contribution >= 4 is 11.9 Å². The monoisotopic (exact) mass is 385 g/mol. The summed E-state index contributed by atoms with van der Waals surface area (Å²) in [7, 11) is 0. The van der Waals surface area contributed by atoms with E-state index in [1.807, 2.05) is 0 Å². The normalized spacial score (nSPS) is 26.6. The smallest absolute Gasteiger partial charge is 0.257 e. The molecule has 1 aromatic heterocycles. The Labute approximate surface area is 169 Å². The van der Waals surface area contributed by atoms with Crippen molar-refractivity contribution < 1.29 is 4.79 Å². The van der Waals surface area contributed by atoms with Crippen LogP contribution >= 0.6 is 0 Å². The molecule has 3 aliphatic heterocycles. The summed E-state index contributed by atoms with van der Waals surface area (Å²) < 4.78 is 0. The molecule has 3 aliphatic rings. The van der Waals surface area contributed by atoms with Gasteiger partial charge in [0.15, 0.2) is 0 Å². The third kappa shape index (κ3) is 4.65. The summed E-state index contributed by atoms with van der Waals surface area (Å²) in [5.74, 6) is 1.57. The zero-order valence-corrected chi connectivity index (χ0v) is 17.4. The van der Waals surface area contributed by atoms with Crippen molar-refractivity contribution in [3.05, 3.63) is 18.0 Å². The topological polar surface area (TPSA) is 52.6 Å². The Morgan fingerprint density at radius 1 is 1.00 bits per heavy atom. The number of piperidine rings is 2. The van der Waals surface area contributed by atoms with E-state index < -0.39 is 0 Å². The van der Waals surface area contributed by atoms with Crippen LogP contribution in [0.2, 0.25) is 0 Å². The molecule has 6 heteroatoms. The molecule has 1 amide bonds. The van der Waals surface area contributed by atoms with Crippen molar-refractivity contribution in [3.8, 4) is 0 Å². The van der Waals surface area contributed by atoms with Crippen molar-refractivity contribution in [1.82, 2.24) is 19.8 Å². The van der Waals surface area contributed by atoms with Gasteiger partial charge >= 0.3 is 0 Å². The summed E-state index contributed by atoms with van der Waals surface area (Å²) in [5, 5.41) is 0. The van der Waals surface area contributed by atoms with Gasteiger partial charge in [-0.05, 0) is 70.4 Å². The number of hydrogen-bond acceptors (Lipinski definition) is 5. The molecular formula is C22H35N5O. The van der Waals surface area contributed by atoms with Crippen LogP contribution in [0.25, 0.3) is 0 Å². The van der Waals surface area contributed by atoms with E-state index in [1.54, 1.807) is 12.4 Å². The Bertz CT molecular complexity index is 643. The van der Waals surface area contributed by atoms with Crippen LogP contribution in [-0.4, -0.2) is 71.0 Å². The maximum atomic E-state index is 13.2. The molecule has 0 unspecified atom stereocenters. The molecule has 4 rings (SSSR count). The maximum absolute atomic E-state index is 13.2. The molecular weight excluding hydrogens is 350 g/mol. The van der Waals surface area contributed by atoms with E-state index in [2.05, 4.69) is 31.6 Å². The molecule has 3 saturated heterocycles. The number of likely N-dealkylation sites (tertiary alicyclic amines) is 2. The van der Waals surface area contributed by atoms with Crippen molar-refractivity contribution in [2.75, 3.05) is 44.2 Å². The molecule has 28 heavy (non-hydrogen) atoms. The predicted molar refractivity (Wildman–Crippen MR) is 112 cm³/mol. The zero-order chi connectivity index (χ0) is 19.3. The van der Waals surface area contributed by atoms with Gasteiger partial charge in [-0.1, -0.05) is 6.92 Å². The largest absolute Gasteiger partial charge is 0.341 e. The van der Waals surface area contributed by atoms with E-state index in [9.17, 15) is 4.79 Å². The fourth-order valence-electron chi connectivity index (χ4n) is 5.04. The van der Waals surface area contributed by atoms with Gasteiger partial charge in [-0.15, -0.1) is 0 Å². The summed E-state index contributed by atoms with van der Waals surface area (Å²) in [5.41, 5.74) is 0.641. The van der Waals surface area contributed by atoms with Crippen LogP contribution in [0.1, 0.15) is 68.6 Å². The van der Waals surface area contributed by atoms with Gasteiger partial charge in [-0.2, -0.15) is 0 Å². The molecule has 0 radical (unpaired) electrons. The highest BCUT2D eigenvalue weighted by atomic mass is 16.2. The van der Waals surface area contributed by atoms with E-state index in [1.165, 1.54) is 45.2 Å². The van der Waals surface area contributed by atoms with Crippen molar-refractivity contribution in [2.24, 2.45) is 5.92 Å². The Balaban J connectivity index is 1.38. The molecule has 0 saturated carbocycles. The van der Waals surface area contributed by atoms with Gasteiger partial charge in [-0.3, -0.25) is 4.79 Å². The molecule has 0 aromatic carbocycles. The third-order valence-electron chi connectivity index (χ3n) is 6.69. The lowest BCUT2D eigenvalue weighted by Crippen LogP contribution is -2.45. The number of anilines is 1. The van der Waals surface area contributed by atoms with Crippen LogP contribution < -0.4 is 4.90 Å². The number of rotatable bonds is 5. The quantitative estimate of drug-likeness (QED) is 0.779. The Hall–Kier alpha value is -1.69. The van der Waals surface area contributed by atoms with E-state index in [0.29, 0.717) is 17.5 Å². The fourth-order valence-corrected chi connectivity index (χ4v) is 5.04. The molecule has 0 aliphatic carbocycles. The molecule has 0 spiro atoms. The molecule has 0 N–H and O–H groups in total. The minimum absolute atomic E-state index is 0.115. The first kappa shape index (κ1) is 19.6. The Morgan fingerprint density at radius 3 is 2.50 bits per heavy atom. The molecule has 154 valence electrons. The maximum Gasteiger partial charge on any atom is 0.257 e. The summed E-state index contributed by atoms with van der Waals surface area (Å²) in [4.78, 5) is 29.2. The number of carbonyl (C=O) groups is 1. The van der Waals surface area contributed by atoms with Gasteiger partial charge in [0.05, 0.1) is 5.56 Å².